The van der Waals surface area contributed by atoms with Crippen LogP contribution in [0.2, 0.25) is 0 Å². The molecule has 0 spiro atoms. The second kappa shape index (κ2) is 4.10. The van der Waals surface area contributed by atoms with Gasteiger partial charge in [0, 0.05) is 18.4 Å². The molecule has 0 N–H and O–H groups in total. The van der Waals surface area contributed by atoms with Gasteiger partial charge in [-0.15, -0.1) is 0 Å². The lowest BCUT2D eigenvalue weighted by molar-refractivity contribution is 0.454. The van der Waals surface area contributed by atoms with Gasteiger partial charge in [0.15, 0.2) is 0 Å². The van der Waals surface area contributed by atoms with Crippen molar-refractivity contribution in [2.45, 2.75) is 45.1 Å². The van der Waals surface area contributed by atoms with Crippen molar-refractivity contribution in [2.24, 2.45) is 5.92 Å². The van der Waals surface area contributed by atoms with E-state index in [0.717, 1.165) is 5.92 Å². The monoisotopic (exact) mass is 202 g/mol. The zero-order chi connectivity index (χ0) is 10.8. The minimum atomic E-state index is 0.419. The molecule has 2 rings (SSSR count). The Bertz CT molecular complexity index is 366. The van der Waals surface area contributed by atoms with Gasteiger partial charge in [-0.05, 0) is 36.3 Å². The van der Waals surface area contributed by atoms with Crippen LogP contribution in [-0.4, -0.2) is 4.57 Å². The summed E-state index contributed by atoms with van der Waals surface area (Å²) >= 11 is 0. The largest absolute Gasteiger partial charge is 0.350 e. The van der Waals surface area contributed by atoms with E-state index >= 15 is 0 Å². The molecule has 1 saturated carbocycles. The third kappa shape index (κ3) is 2.23. The summed E-state index contributed by atoms with van der Waals surface area (Å²) in [4.78, 5) is 0. The summed E-state index contributed by atoms with van der Waals surface area (Å²) in [6.45, 7) is 4.41. The van der Waals surface area contributed by atoms with E-state index in [1.807, 2.05) is 0 Å². The van der Waals surface area contributed by atoms with Gasteiger partial charge in [0.25, 0.3) is 0 Å². The molecule has 0 aliphatic heterocycles. The summed E-state index contributed by atoms with van der Waals surface area (Å²) in [6, 6.07) is 4.90. The maximum atomic E-state index is 8.83. The molecule has 0 aromatic carbocycles. The van der Waals surface area contributed by atoms with Crippen molar-refractivity contribution in [1.29, 1.82) is 5.26 Å². The number of nitriles is 1. The minimum absolute atomic E-state index is 0.419. The highest BCUT2D eigenvalue weighted by Gasteiger charge is 2.32. The van der Waals surface area contributed by atoms with E-state index in [2.05, 4.69) is 42.9 Å². The number of rotatable bonds is 4. The van der Waals surface area contributed by atoms with E-state index in [1.165, 1.54) is 18.4 Å². The Morgan fingerprint density at radius 3 is 2.73 bits per heavy atom. The molecule has 1 aliphatic carbocycles. The summed E-state index contributed by atoms with van der Waals surface area (Å²) < 4.78 is 2.25. The summed E-state index contributed by atoms with van der Waals surface area (Å²) in [5, 5.41) is 8.83. The first-order valence-corrected chi connectivity index (χ1v) is 5.76. The molecule has 0 radical (unpaired) electrons. The maximum absolute atomic E-state index is 8.83. The summed E-state index contributed by atoms with van der Waals surface area (Å²) in [5.41, 5.74) is 1.37. The Balaban J connectivity index is 2.15. The van der Waals surface area contributed by atoms with Crippen LogP contribution in [-0.2, 0) is 0 Å². The van der Waals surface area contributed by atoms with Crippen LogP contribution in [0.25, 0.3) is 0 Å². The van der Waals surface area contributed by atoms with Gasteiger partial charge >= 0.3 is 0 Å². The summed E-state index contributed by atoms with van der Waals surface area (Å²) in [7, 11) is 0. The van der Waals surface area contributed by atoms with Gasteiger partial charge in [0.2, 0.25) is 0 Å². The fourth-order valence-corrected chi connectivity index (χ4v) is 2.07. The number of hydrogen-bond donors (Lipinski definition) is 0. The molecule has 1 aromatic heterocycles. The normalized spacial score (nSPS) is 17.7. The molecule has 1 aliphatic rings. The summed E-state index contributed by atoms with van der Waals surface area (Å²) in [6.07, 6.45) is 7.58. The second-order valence-corrected chi connectivity index (χ2v) is 4.81. The molecule has 80 valence electrons. The van der Waals surface area contributed by atoms with Crippen molar-refractivity contribution >= 4 is 0 Å². The average Bonchev–Trinajstić information content (AvgIpc) is 2.91. The quantitative estimate of drug-likeness (QED) is 0.734. The Kier molecular flexibility index (Phi) is 2.81. The number of aromatic nitrogens is 1. The standard InChI is InChI=1S/C13H18N2/c1-10(2)12-6-8-15(9-12)13(5-7-14)11-3-4-11/h6,8-11,13H,3-5H2,1-2H3. The fraction of sp³-hybridized carbons (Fsp3) is 0.615. The highest BCUT2D eigenvalue weighted by Crippen LogP contribution is 2.41. The molecule has 2 nitrogen and oxygen atoms in total. The van der Waals surface area contributed by atoms with Gasteiger partial charge in [0.1, 0.15) is 0 Å². The molecular formula is C13H18N2. The van der Waals surface area contributed by atoms with Crippen LogP contribution in [0.1, 0.15) is 50.6 Å². The molecule has 0 bridgehead atoms. The first-order chi connectivity index (χ1) is 7.22. The van der Waals surface area contributed by atoms with E-state index < -0.39 is 0 Å². The van der Waals surface area contributed by atoms with Crippen LogP contribution in [0.15, 0.2) is 18.5 Å². The van der Waals surface area contributed by atoms with Crippen LogP contribution in [0.5, 0.6) is 0 Å². The van der Waals surface area contributed by atoms with Gasteiger partial charge in [0.05, 0.1) is 12.5 Å². The molecular weight excluding hydrogens is 184 g/mol. The lowest BCUT2D eigenvalue weighted by Crippen LogP contribution is -2.08. The molecule has 1 aromatic rings. The maximum Gasteiger partial charge on any atom is 0.0643 e. The van der Waals surface area contributed by atoms with Crippen molar-refractivity contribution in [3.05, 3.63) is 24.0 Å². The second-order valence-electron chi connectivity index (χ2n) is 4.81. The zero-order valence-electron chi connectivity index (χ0n) is 9.48. The van der Waals surface area contributed by atoms with Crippen LogP contribution >= 0.6 is 0 Å². The van der Waals surface area contributed by atoms with Gasteiger partial charge < -0.3 is 4.57 Å². The van der Waals surface area contributed by atoms with Gasteiger partial charge in [-0.2, -0.15) is 5.26 Å². The van der Waals surface area contributed by atoms with Gasteiger partial charge in [-0.25, -0.2) is 0 Å². The van der Waals surface area contributed by atoms with E-state index in [4.69, 9.17) is 5.26 Å². The van der Waals surface area contributed by atoms with Crippen molar-refractivity contribution in [1.82, 2.24) is 4.57 Å². The Morgan fingerprint density at radius 2 is 2.27 bits per heavy atom. The lowest BCUT2D eigenvalue weighted by Gasteiger charge is -2.14. The minimum Gasteiger partial charge on any atom is -0.350 e. The van der Waals surface area contributed by atoms with E-state index in [0.29, 0.717) is 18.4 Å². The predicted molar refractivity (Wildman–Crippen MR) is 60.5 cm³/mol. The molecule has 2 heteroatoms. The smallest absolute Gasteiger partial charge is 0.0643 e. The van der Waals surface area contributed by atoms with Crippen LogP contribution in [0, 0.1) is 17.2 Å². The highest BCUT2D eigenvalue weighted by molar-refractivity contribution is 5.16. The molecule has 1 atom stereocenters. The molecule has 15 heavy (non-hydrogen) atoms. The van der Waals surface area contributed by atoms with E-state index in [9.17, 15) is 0 Å². The van der Waals surface area contributed by atoms with Gasteiger partial charge in [-0.3, -0.25) is 0 Å². The third-order valence-electron chi connectivity index (χ3n) is 3.25. The van der Waals surface area contributed by atoms with Crippen molar-refractivity contribution in [2.75, 3.05) is 0 Å². The van der Waals surface area contributed by atoms with Crippen molar-refractivity contribution in [3.8, 4) is 6.07 Å². The average molecular weight is 202 g/mol. The van der Waals surface area contributed by atoms with Crippen LogP contribution in [0.4, 0.5) is 0 Å². The lowest BCUT2D eigenvalue weighted by atomic mass is 10.1. The molecule has 1 unspecified atom stereocenters. The van der Waals surface area contributed by atoms with Crippen LogP contribution in [0.3, 0.4) is 0 Å². The summed E-state index contributed by atoms with van der Waals surface area (Å²) in [5.74, 6) is 1.32. The van der Waals surface area contributed by atoms with E-state index in [1.54, 1.807) is 0 Å². The van der Waals surface area contributed by atoms with Crippen LogP contribution < -0.4 is 0 Å². The first kappa shape index (κ1) is 10.3. The molecule has 0 amide bonds. The molecule has 0 saturated heterocycles. The zero-order valence-corrected chi connectivity index (χ0v) is 9.48. The number of nitrogens with zero attached hydrogens (tertiary/aromatic N) is 2. The van der Waals surface area contributed by atoms with E-state index in [-0.39, 0.29) is 0 Å². The Labute approximate surface area is 91.5 Å². The first-order valence-electron chi connectivity index (χ1n) is 5.76. The molecule has 1 fully saturated rings. The predicted octanol–water partition coefficient (Wildman–Crippen LogP) is 3.48. The van der Waals surface area contributed by atoms with Crippen molar-refractivity contribution in [3.63, 3.8) is 0 Å². The number of hydrogen-bond acceptors (Lipinski definition) is 1. The topological polar surface area (TPSA) is 28.7 Å². The molecule has 1 heterocycles. The Morgan fingerprint density at radius 1 is 1.53 bits per heavy atom. The third-order valence-corrected chi connectivity index (χ3v) is 3.25. The highest BCUT2D eigenvalue weighted by atomic mass is 15.0. The SMILES string of the molecule is CC(C)c1ccn(C(CC#N)C2CC2)c1. The Hall–Kier alpha value is -1.23. The van der Waals surface area contributed by atoms with Crippen molar-refractivity contribution < 1.29 is 0 Å². The fourth-order valence-electron chi connectivity index (χ4n) is 2.07. The van der Waals surface area contributed by atoms with Gasteiger partial charge in [-0.1, -0.05) is 13.8 Å².